The molecule has 0 bridgehead atoms. The van der Waals surface area contributed by atoms with E-state index in [0.29, 0.717) is 0 Å². The highest BCUT2D eigenvalue weighted by Crippen LogP contribution is 2.29. The lowest BCUT2D eigenvalue weighted by Gasteiger charge is -2.30. The highest BCUT2D eigenvalue weighted by atomic mass is 16.5. The number of aliphatic hydroxyl groups is 1. The van der Waals surface area contributed by atoms with Crippen LogP contribution in [0.5, 0.6) is 5.75 Å². The van der Waals surface area contributed by atoms with E-state index in [0.717, 1.165) is 18.7 Å². The zero-order chi connectivity index (χ0) is 13.3. The van der Waals surface area contributed by atoms with E-state index in [1.165, 1.54) is 11.1 Å². The molecule has 0 saturated heterocycles. The van der Waals surface area contributed by atoms with Crippen LogP contribution in [0.4, 0.5) is 0 Å². The first-order valence-corrected chi connectivity index (χ1v) is 6.58. The van der Waals surface area contributed by atoms with Crippen LogP contribution >= 0.6 is 0 Å². The van der Waals surface area contributed by atoms with Crippen molar-refractivity contribution in [2.24, 2.45) is 0 Å². The summed E-state index contributed by atoms with van der Waals surface area (Å²) >= 11 is 0. The van der Waals surface area contributed by atoms with Gasteiger partial charge in [0.05, 0.1) is 6.10 Å². The summed E-state index contributed by atoms with van der Waals surface area (Å²) in [6.45, 7) is 8.67. The van der Waals surface area contributed by atoms with Gasteiger partial charge in [-0.15, -0.1) is 0 Å². The Morgan fingerprint density at radius 1 is 1.50 bits per heavy atom. The Hall–Kier alpha value is -1.06. The molecule has 2 atom stereocenters. The van der Waals surface area contributed by atoms with Crippen molar-refractivity contribution in [1.82, 2.24) is 5.32 Å². The Morgan fingerprint density at radius 3 is 2.89 bits per heavy atom. The van der Waals surface area contributed by atoms with Crippen molar-refractivity contribution in [2.75, 3.05) is 6.54 Å². The van der Waals surface area contributed by atoms with Gasteiger partial charge in [-0.3, -0.25) is 0 Å². The average Bonchev–Trinajstić information content (AvgIpc) is 2.68. The van der Waals surface area contributed by atoms with Crippen molar-refractivity contribution in [2.45, 2.75) is 51.9 Å². The standard InChI is InChI=1S/C15H23NO2/c1-10-5-6-14-12(7-10)8-13(18-14)9-16-15(3,4)11(2)17/h5-7,11,13,16-17H,8-9H2,1-4H3. The number of benzene rings is 1. The summed E-state index contributed by atoms with van der Waals surface area (Å²) in [6.07, 6.45) is 0.725. The second-order valence-electron chi connectivity index (χ2n) is 5.83. The first-order valence-electron chi connectivity index (χ1n) is 6.58. The Morgan fingerprint density at radius 2 is 2.22 bits per heavy atom. The Bertz CT molecular complexity index is 427. The van der Waals surface area contributed by atoms with Crippen molar-refractivity contribution in [3.63, 3.8) is 0 Å². The smallest absolute Gasteiger partial charge is 0.123 e. The summed E-state index contributed by atoms with van der Waals surface area (Å²) in [7, 11) is 0. The molecule has 0 spiro atoms. The van der Waals surface area contributed by atoms with Gasteiger partial charge in [-0.2, -0.15) is 0 Å². The molecule has 0 saturated carbocycles. The van der Waals surface area contributed by atoms with Crippen LogP contribution in [-0.2, 0) is 6.42 Å². The summed E-state index contributed by atoms with van der Waals surface area (Å²) < 4.78 is 5.89. The fraction of sp³-hybridized carbons (Fsp3) is 0.600. The maximum atomic E-state index is 9.66. The predicted octanol–water partition coefficient (Wildman–Crippen LogP) is 2.05. The summed E-state index contributed by atoms with van der Waals surface area (Å²) in [5.41, 5.74) is 2.28. The number of hydrogen-bond donors (Lipinski definition) is 2. The van der Waals surface area contributed by atoms with Gasteiger partial charge in [-0.1, -0.05) is 17.7 Å². The van der Waals surface area contributed by atoms with Crippen LogP contribution in [0.3, 0.4) is 0 Å². The van der Waals surface area contributed by atoms with E-state index in [4.69, 9.17) is 4.74 Å². The van der Waals surface area contributed by atoms with E-state index in [1.807, 2.05) is 19.9 Å². The van der Waals surface area contributed by atoms with E-state index in [2.05, 4.69) is 24.4 Å². The number of ether oxygens (including phenoxy) is 1. The fourth-order valence-corrected chi connectivity index (χ4v) is 2.09. The normalized spacial score (nSPS) is 20.4. The second kappa shape index (κ2) is 4.90. The monoisotopic (exact) mass is 249 g/mol. The van der Waals surface area contributed by atoms with Gasteiger partial charge in [0.25, 0.3) is 0 Å². The maximum Gasteiger partial charge on any atom is 0.123 e. The maximum absolute atomic E-state index is 9.66. The third-order valence-electron chi connectivity index (χ3n) is 3.79. The Kier molecular flexibility index (Phi) is 3.64. The average molecular weight is 249 g/mol. The molecule has 1 aliphatic heterocycles. The third-order valence-corrected chi connectivity index (χ3v) is 3.79. The molecule has 0 aromatic heterocycles. The second-order valence-corrected chi connectivity index (χ2v) is 5.83. The highest BCUT2D eigenvalue weighted by Gasteiger charge is 2.28. The van der Waals surface area contributed by atoms with E-state index < -0.39 is 0 Å². The zero-order valence-corrected chi connectivity index (χ0v) is 11.7. The summed E-state index contributed by atoms with van der Waals surface area (Å²) in [5.74, 6) is 1.00. The SMILES string of the molecule is Cc1ccc2c(c1)CC(CNC(C)(C)C(C)O)O2. The first kappa shape index (κ1) is 13.4. The van der Waals surface area contributed by atoms with Crippen molar-refractivity contribution in [3.05, 3.63) is 29.3 Å². The Balaban J connectivity index is 1.92. The molecule has 1 aliphatic rings. The van der Waals surface area contributed by atoms with Gasteiger partial charge in [-0.25, -0.2) is 0 Å². The van der Waals surface area contributed by atoms with Crippen molar-refractivity contribution in [3.8, 4) is 5.75 Å². The van der Waals surface area contributed by atoms with Crippen molar-refractivity contribution < 1.29 is 9.84 Å². The van der Waals surface area contributed by atoms with Gasteiger partial charge in [0.2, 0.25) is 0 Å². The largest absolute Gasteiger partial charge is 0.488 e. The van der Waals surface area contributed by atoms with Gasteiger partial charge in [-0.05, 0) is 39.3 Å². The molecule has 100 valence electrons. The molecule has 3 nitrogen and oxygen atoms in total. The van der Waals surface area contributed by atoms with E-state index in [9.17, 15) is 5.11 Å². The first-order chi connectivity index (χ1) is 8.38. The van der Waals surface area contributed by atoms with Gasteiger partial charge in [0.15, 0.2) is 0 Å². The van der Waals surface area contributed by atoms with Crippen LogP contribution in [0, 0.1) is 6.92 Å². The van der Waals surface area contributed by atoms with Crippen LogP contribution in [0.25, 0.3) is 0 Å². The number of aliphatic hydroxyl groups excluding tert-OH is 1. The quantitative estimate of drug-likeness (QED) is 0.858. The number of aryl methyl sites for hydroxylation is 1. The molecule has 2 unspecified atom stereocenters. The van der Waals surface area contributed by atoms with Crippen LogP contribution in [-0.4, -0.2) is 29.4 Å². The minimum absolute atomic E-state index is 0.167. The van der Waals surface area contributed by atoms with Crippen LogP contribution in [0.2, 0.25) is 0 Å². The van der Waals surface area contributed by atoms with Crippen LogP contribution < -0.4 is 10.1 Å². The molecule has 2 N–H and O–H groups in total. The van der Waals surface area contributed by atoms with Gasteiger partial charge in [0.1, 0.15) is 11.9 Å². The van der Waals surface area contributed by atoms with Crippen molar-refractivity contribution in [1.29, 1.82) is 0 Å². The van der Waals surface area contributed by atoms with E-state index in [1.54, 1.807) is 6.92 Å². The minimum Gasteiger partial charge on any atom is -0.488 e. The zero-order valence-electron chi connectivity index (χ0n) is 11.7. The van der Waals surface area contributed by atoms with Gasteiger partial charge in [0, 0.05) is 18.5 Å². The molecule has 2 rings (SSSR count). The number of rotatable bonds is 4. The molecule has 1 heterocycles. The van der Waals surface area contributed by atoms with E-state index >= 15 is 0 Å². The summed E-state index contributed by atoms with van der Waals surface area (Å²) in [4.78, 5) is 0. The molecule has 0 amide bonds. The third kappa shape index (κ3) is 2.85. The minimum atomic E-state index is -0.386. The molecule has 18 heavy (non-hydrogen) atoms. The molecule has 1 aromatic carbocycles. The predicted molar refractivity (Wildman–Crippen MR) is 73.1 cm³/mol. The molecule has 3 heteroatoms. The van der Waals surface area contributed by atoms with Gasteiger partial charge < -0.3 is 15.2 Å². The fourth-order valence-electron chi connectivity index (χ4n) is 2.09. The molecule has 0 aliphatic carbocycles. The number of hydrogen-bond acceptors (Lipinski definition) is 3. The van der Waals surface area contributed by atoms with Crippen LogP contribution in [0.1, 0.15) is 31.9 Å². The lowest BCUT2D eigenvalue weighted by molar-refractivity contribution is 0.0873. The van der Waals surface area contributed by atoms with E-state index in [-0.39, 0.29) is 17.7 Å². The summed E-state index contributed by atoms with van der Waals surface area (Å²) in [6, 6.07) is 6.31. The molecular formula is C15H23NO2. The highest BCUT2D eigenvalue weighted by molar-refractivity contribution is 5.40. The Labute approximate surface area is 109 Å². The number of fused-ring (bicyclic) bond motifs is 1. The number of nitrogens with one attached hydrogen (secondary N) is 1. The van der Waals surface area contributed by atoms with Gasteiger partial charge >= 0.3 is 0 Å². The topological polar surface area (TPSA) is 41.5 Å². The lowest BCUT2D eigenvalue weighted by Crippen LogP contribution is -2.51. The molecule has 0 radical (unpaired) electrons. The lowest BCUT2D eigenvalue weighted by atomic mass is 9.98. The molecule has 0 fully saturated rings. The van der Waals surface area contributed by atoms with Crippen molar-refractivity contribution >= 4 is 0 Å². The summed E-state index contributed by atoms with van der Waals surface area (Å²) in [5, 5.41) is 13.0. The molecular weight excluding hydrogens is 226 g/mol. The molecule has 1 aromatic rings. The van der Waals surface area contributed by atoms with Crippen LogP contribution in [0.15, 0.2) is 18.2 Å².